The maximum absolute atomic E-state index is 12.9. The lowest BCUT2D eigenvalue weighted by Crippen LogP contribution is -2.75. The fourth-order valence-corrected chi connectivity index (χ4v) is 4.75. The highest BCUT2D eigenvalue weighted by atomic mass is 19.4. The number of amides is 4. The SMILES string of the molecule is C[C@@H]1CN2c3ccc(C(=O)C(F)(F)F)cc3CC3(C(=O)NC(=O)NC3=O)[C@H]2[C@H](C)O1. The van der Waals surface area contributed by atoms with Gasteiger partial charge in [0.2, 0.25) is 11.8 Å². The fraction of sp³-hybridized carbons (Fsp3) is 0.474. The number of Topliss-reactive ketones (excluding diaryl/α,β-unsaturated/α-hetero) is 1. The Morgan fingerprint density at radius 3 is 2.40 bits per heavy atom. The zero-order valence-electron chi connectivity index (χ0n) is 16.0. The summed E-state index contributed by atoms with van der Waals surface area (Å²) in [6, 6.07) is 1.78. The highest BCUT2D eigenvalue weighted by Crippen LogP contribution is 2.47. The van der Waals surface area contributed by atoms with Gasteiger partial charge in [0.15, 0.2) is 5.41 Å². The number of barbiturate groups is 1. The molecule has 4 rings (SSSR count). The molecule has 11 heteroatoms. The van der Waals surface area contributed by atoms with E-state index in [0.29, 0.717) is 5.69 Å². The third-order valence-corrected chi connectivity index (χ3v) is 5.83. The van der Waals surface area contributed by atoms with Gasteiger partial charge in [0, 0.05) is 17.8 Å². The number of ketones is 1. The van der Waals surface area contributed by atoms with E-state index in [2.05, 4.69) is 10.6 Å². The minimum Gasteiger partial charge on any atom is -0.372 e. The lowest BCUT2D eigenvalue weighted by atomic mass is 9.66. The summed E-state index contributed by atoms with van der Waals surface area (Å²) in [4.78, 5) is 51.0. The highest BCUT2D eigenvalue weighted by Gasteiger charge is 2.62. The summed E-state index contributed by atoms with van der Waals surface area (Å²) in [5.41, 5.74) is -1.64. The second kappa shape index (κ2) is 6.53. The molecule has 8 nitrogen and oxygen atoms in total. The van der Waals surface area contributed by atoms with Gasteiger partial charge < -0.3 is 9.64 Å². The Labute approximate surface area is 168 Å². The average molecular weight is 425 g/mol. The predicted octanol–water partition coefficient (Wildman–Crippen LogP) is 1.32. The molecule has 1 spiro atoms. The van der Waals surface area contributed by atoms with Crippen molar-refractivity contribution in [3.8, 4) is 0 Å². The molecule has 0 bridgehead atoms. The van der Waals surface area contributed by atoms with Gasteiger partial charge in [-0.15, -0.1) is 0 Å². The van der Waals surface area contributed by atoms with E-state index in [9.17, 15) is 32.3 Å². The summed E-state index contributed by atoms with van der Waals surface area (Å²) >= 11 is 0. The molecule has 0 aromatic heterocycles. The van der Waals surface area contributed by atoms with Gasteiger partial charge >= 0.3 is 12.2 Å². The van der Waals surface area contributed by atoms with Crippen LogP contribution in [0.2, 0.25) is 0 Å². The molecule has 1 aromatic carbocycles. The lowest BCUT2D eigenvalue weighted by Gasteiger charge is -2.55. The van der Waals surface area contributed by atoms with Crippen LogP contribution in [0.4, 0.5) is 23.7 Å². The molecular formula is C19H18F3N3O5. The molecule has 2 N–H and O–H groups in total. The first-order valence-corrected chi connectivity index (χ1v) is 9.28. The first-order chi connectivity index (χ1) is 13.9. The van der Waals surface area contributed by atoms with Gasteiger partial charge in [-0.05, 0) is 44.0 Å². The largest absolute Gasteiger partial charge is 0.454 e. The molecule has 0 unspecified atom stereocenters. The Morgan fingerprint density at radius 1 is 1.17 bits per heavy atom. The van der Waals surface area contributed by atoms with E-state index in [4.69, 9.17) is 4.74 Å². The Balaban J connectivity index is 1.88. The maximum Gasteiger partial charge on any atom is 0.454 e. The molecular weight excluding hydrogens is 407 g/mol. The Morgan fingerprint density at radius 2 is 1.80 bits per heavy atom. The summed E-state index contributed by atoms with van der Waals surface area (Å²) in [5, 5.41) is 4.18. The van der Waals surface area contributed by atoms with E-state index in [1.807, 2.05) is 0 Å². The number of carbonyl (C=O) groups excluding carboxylic acids is 4. The van der Waals surface area contributed by atoms with Crippen LogP contribution in [0, 0.1) is 5.41 Å². The van der Waals surface area contributed by atoms with Crippen molar-refractivity contribution in [2.24, 2.45) is 5.41 Å². The standard InChI is InChI=1S/C19H18F3N3O5/c1-8-7-25-12-4-3-10(14(26)19(20,21)22)5-11(12)6-18(13(25)9(2)30-8)15(27)23-17(29)24-16(18)28/h3-5,8-9,13H,6-7H2,1-2H3,(H2,23,24,27,28,29)/t8-,9+,13-/m1/s1. The van der Waals surface area contributed by atoms with Gasteiger partial charge in [-0.25, -0.2) is 4.79 Å². The van der Waals surface area contributed by atoms with Crippen molar-refractivity contribution in [3.63, 3.8) is 0 Å². The van der Waals surface area contributed by atoms with Gasteiger partial charge in [-0.1, -0.05) is 0 Å². The number of hydrogen-bond donors (Lipinski definition) is 2. The van der Waals surface area contributed by atoms with Gasteiger partial charge in [-0.3, -0.25) is 25.0 Å². The van der Waals surface area contributed by atoms with Crippen LogP contribution in [0.1, 0.15) is 29.8 Å². The van der Waals surface area contributed by atoms with E-state index in [1.54, 1.807) is 18.7 Å². The minimum absolute atomic E-state index is 0.238. The van der Waals surface area contributed by atoms with Crippen LogP contribution >= 0.6 is 0 Å². The van der Waals surface area contributed by atoms with Crippen LogP contribution in [0.15, 0.2) is 18.2 Å². The van der Waals surface area contributed by atoms with Crippen LogP contribution in [-0.2, 0) is 20.7 Å². The van der Waals surface area contributed by atoms with Crippen molar-refractivity contribution < 1.29 is 37.1 Å². The first-order valence-electron chi connectivity index (χ1n) is 9.28. The van der Waals surface area contributed by atoms with E-state index in [1.165, 1.54) is 6.07 Å². The quantitative estimate of drug-likeness (QED) is 0.520. The first kappa shape index (κ1) is 20.3. The van der Waals surface area contributed by atoms with Crippen LogP contribution < -0.4 is 15.5 Å². The zero-order valence-corrected chi connectivity index (χ0v) is 16.0. The Hall–Kier alpha value is -2.95. The number of imide groups is 2. The number of nitrogens with one attached hydrogen (secondary N) is 2. The number of nitrogens with zero attached hydrogens (tertiary/aromatic N) is 1. The summed E-state index contributed by atoms with van der Waals surface area (Å²) in [5.74, 6) is -3.72. The van der Waals surface area contributed by atoms with Crippen molar-refractivity contribution in [2.45, 2.75) is 44.7 Å². The molecule has 1 aromatic rings. The molecule has 160 valence electrons. The van der Waals surface area contributed by atoms with E-state index in [0.717, 1.165) is 12.1 Å². The summed E-state index contributed by atoms with van der Waals surface area (Å²) in [6.45, 7) is 3.75. The third kappa shape index (κ3) is 2.87. The van der Waals surface area contributed by atoms with Gasteiger partial charge in [0.05, 0.1) is 18.2 Å². The smallest absolute Gasteiger partial charge is 0.372 e. The molecule has 3 atom stereocenters. The van der Waals surface area contributed by atoms with E-state index >= 15 is 0 Å². The minimum atomic E-state index is -5.06. The van der Waals surface area contributed by atoms with Gasteiger partial charge in [0.1, 0.15) is 0 Å². The molecule has 3 aliphatic rings. The number of morpholine rings is 1. The zero-order chi connectivity index (χ0) is 22.0. The third-order valence-electron chi connectivity index (χ3n) is 5.83. The van der Waals surface area contributed by atoms with Crippen molar-refractivity contribution in [1.29, 1.82) is 0 Å². The number of anilines is 1. The predicted molar refractivity (Wildman–Crippen MR) is 95.8 cm³/mol. The number of alkyl halides is 3. The van der Waals surface area contributed by atoms with Crippen molar-refractivity contribution in [3.05, 3.63) is 29.3 Å². The number of ether oxygens (including phenoxy) is 1. The van der Waals surface area contributed by atoms with Crippen molar-refractivity contribution >= 4 is 29.3 Å². The Kier molecular flexibility index (Phi) is 4.42. The monoisotopic (exact) mass is 425 g/mol. The van der Waals surface area contributed by atoms with E-state index in [-0.39, 0.29) is 24.6 Å². The number of urea groups is 1. The molecule has 0 saturated carbocycles. The number of hydrogen-bond acceptors (Lipinski definition) is 6. The second-order valence-corrected chi connectivity index (χ2v) is 7.80. The van der Waals surface area contributed by atoms with Crippen molar-refractivity contribution in [1.82, 2.24) is 10.6 Å². The molecule has 0 aliphatic carbocycles. The van der Waals surface area contributed by atoms with Crippen LogP contribution in [0.5, 0.6) is 0 Å². The summed E-state index contributed by atoms with van der Waals surface area (Å²) in [7, 11) is 0. The molecule has 3 heterocycles. The van der Waals surface area contributed by atoms with E-state index < -0.39 is 52.9 Å². The fourth-order valence-electron chi connectivity index (χ4n) is 4.75. The van der Waals surface area contributed by atoms with Crippen LogP contribution in [-0.4, -0.2) is 54.6 Å². The maximum atomic E-state index is 12.9. The topological polar surface area (TPSA) is 105 Å². The Bertz CT molecular complexity index is 957. The molecule has 2 saturated heterocycles. The molecule has 0 radical (unpaired) electrons. The number of fused-ring (bicyclic) bond motifs is 4. The number of halogens is 3. The van der Waals surface area contributed by atoms with Crippen LogP contribution in [0.25, 0.3) is 0 Å². The van der Waals surface area contributed by atoms with Crippen LogP contribution in [0.3, 0.4) is 0 Å². The normalized spacial score (nSPS) is 27.8. The number of benzene rings is 1. The van der Waals surface area contributed by atoms with Gasteiger partial charge in [0.25, 0.3) is 5.78 Å². The molecule has 3 aliphatic heterocycles. The van der Waals surface area contributed by atoms with Crippen molar-refractivity contribution in [2.75, 3.05) is 11.4 Å². The average Bonchev–Trinajstić information content (AvgIpc) is 2.63. The highest BCUT2D eigenvalue weighted by molar-refractivity contribution is 6.20. The summed E-state index contributed by atoms with van der Waals surface area (Å²) < 4.78 is 44.6. The molecule has 2 fully saturated rings. The lowest BCUT2D eigenvalue weighted by molar-refractivity contribution is -0.153. The number of carbonyl (C=O) groups is 4. The molecule has 4 amide bonds. The molecule has 30 heavy (non-hydrogen) atoms. The second-order valence-electron chi connectivity index (χ2n) is 7.80. The summed E-state index contributed by atoms with van der Waals surface area (Å²) in [6.07, 6.45) is -6.22. The number of rotatable bonds is 1. The van der Waals surface area contributed by atoms with Gasteiger partial charge in [-0.2, -0.15) is 13.2 Å².